The van der Waals surface area contributed by atoms with Crippen molar-refractivity contribution < 1.29 is 23.6 Å². The van der Waals surface area contributed by atoms with Crippen LogP contribution in [-0.2, 0) is 16.1 Å². The molecule has 0 saturated carbocycles. The lowest BCUT2D eigenvalue weighted by molar-refractivity contribution is 0.0593. The standard InChI is InChI=1S/C20H23N3O5S/c1-20(2,3)29(25)23-14-9-18(15-10-22-16(11-21-15)19(24)27-5)28-17-8-12(26-4)6-7-13(14)17/h6-8,10-11,18H,9H2,1-5H3/b23-14+/t18-,29+/m1/s1. The Morgan fingerprint density at radius 2 is 2.03 bits per heavy atom. The Hall–Kier alpha value is -2.65. The summed E-state index contributed by atoms with van der Waals surface area (Å²) in [5.41, 5.74) is 2.06. The van der Waals surface area contributed by atoms with Gasteiger partial charge < -0.3 is 18.8 Å². The Balaban J connectivity index is 1.99. The molecule has 1 aliphatic rings. The van der Waals surface area contributed by atoms with Gasteiger partial charge in [-0.3, -0.25) is 4.98 Å². The average molecular weight is 417 g/mol. The minimum absolute atomic E-state index is 0.108. The number of rotatable bonds is 4. The summed E-state index contributed by atoms with van der Waals surface area (Å²) in [6.45, 7) is 5.61. The quantitative estimate of drug-likeness (QED) is 0.556. The number of hydrogen-bond donors (Lipinski definition) is 0. The third kappa shape index (κ3) is 4.68. The van der Waals surface area contributed by atoms with Crippen molar-refractivity contribution in [1.29, 1.82) is 0 Å². The summed E-state index contributed by atoms with van der Waals surface area (Å²) in [5, 5.41) is 0. The van der Waals surface area contributed by atoms with Gasteiger partial charge >= 0.3 is 5.97 Å². The molecule has 0 aliphatic carbocycles. The highest BCUT2D eigenvalue weighted by Gasteiger charge is 2.33. The lowest BCUT2D eigenvalue weighted by Crippen LogP contribution is -2.29. The predicted octanol–water partition coefficient (Wildman–Crippen LogP) is 3.05. The van der Waals surface area contributed by atoms with Gasteiger partial charge in [0.1, 0.15) is 39.4 Å². The first-order chi connectivity index (χ1) is 13.7. The maximum atomic E-state index is 12.6. The van der Waals surface area contributed by atoms with Gasteiger partial charge in [-0.2, -0.15) is 0 Å². The van der Waals surface area contributed by atoms with E-state index in [0.29, 0.717) is 29.3 Å². The van der Waals surface area contributed by atoms with Crippen molar-refractivity contribution in [3.63, 3.8) is 0 Å². The fourth-order valence-electron chi connectivity index (χ4n) is 2.65. The highest BCUT2D eigenvalue weighted by atomic mass is 32.2. The number of benzene rings is 1. The molecule has 3 rings (SSSR count). The van der Waals surface area contributed by atoms with E-state index in [9.17, 15) is 9.35 Å². The van der Waals surface area contributed by atoms with E-state index in [2.05, 4.69) is 19.1 Å². The molecular weight excluding hydrogens is 394 g/mol. The number of esters is 1. The van der Waals surface area contributed by atoms with E-state index < -0.39 is 28.2 Å². The maximum absolute atomic E-state index is 12.6. The Morgan fingerprint density at radius 3 is 2.62 bits per heavy atom. The van der Waals surface area contributed by atoms with Crippen LogP contribution in [0.1, 0.15) is 55.0 Å². The lowest BCUT2D eigenvalue weighted by Gasteiger charge is -2.27. The zero-order valence-electron chi connectivity index (χ0n) is 17.0. The second kappa shape index (κ2) is 8.38. The van der Waals surface area contributed by atoms with Crippen LogP contribution < -0.4 is 9.47 Å². The summed E-state index contributed by atoms with van der Waals surface area (Å²) in [6.07, 6.45) is 2.69. The maximum Gasteiger partial charge on any atom is 0.358 e. The van der Waals surface area contributed by atoms with Crippen LogP contribution in [0.3, 0.4) is 0 Å². The molecule has 1 aliphatic heterocycles. The molecule has 2 aromatic rings. The average Bonchev–Trinajstić information content (AvgIpc) is 2.71. The molecule has 9 heteroatoms. The minimum Gasteiger partial charge on any atom is -0.591 e. The molecule has 2 heterocycles. The molecule has 8 nitrogen and oxygen atoms in total. The molecule has 2 atom stereocenters. The Kier molecular flexibility index (Phi) is 6.09. The molecule has 0 bridgehead atoms. The van der Waals surface area contributed by atoms with E-state index in [-0.39, 0.29) is 5.69 Å². The number of aromatic nitrogens is 2. The normalized spacial score (nSPS) is 18.6. The number of carbonyl (C=O) groups is 1. The monoisotopic (exact) mass is 417 g/mol. The first kappa shape index (κ1) is 21.1. The zero-order chi connectivity index (χ0) is 21.2. The van der Waals surface area contributed by atoms with E-state index in [1.54, 1.807) is 13.2 Å². The minimum atomic E-state index is -1.43. The number of ether oxygens (including phenoxy) is 3. The van der Waals surface area contributed by atoms with Crippen LogP contribution in [0, 0.1) is 0 Å². The van der Waals surface area contributed by atoms with Crippen LogP contribution in [0.15, 0.2) is 35.0 Å². The first-order valence-corrected chi connectivity index (χ1v) is 10.1. The van der Waals surface area contributed by atoms with Gasteiger partial charge in [-0.1, -0.05) is 4.40 Å². The SMILES string of the molecule is COC(=O)c1cnc([C@H]2C/C(=N\[S@@+]([O-])C(C)(C)C)c3ccc(OC)cc3O2)cn1. The van der Waals surface area contributed by atoms with Crippen LogP contribution in [-0.4, -0.2) is 45.2 Å². The Bertz CT molecular complexity index is 925. The fourth-order valence-corrected chi connectivity index (χ4v) is 3.30. The number of carbonyl (C=O) groups excluding carboxylic acids is 1. The van der Waals surface area contributed by atoms with Crippen LogP contribution >= 0.6 is 0 Å². The van der Waals surface area contributed by atoms with E-state index in [1.165, 1.54) is 19.5 Å². The zero-order valence-corrected chi connectivity index (χ0v) is 17.8. The molecule has 0 fully saturated rings. The predicted molar refractivity (Wildman–Crippen MR) is 109 cm³/mol. The molecule has 154 valence electrons. The Morgan fingerprint density at radius 1 is 1.28 bits per heavy atom. The molecule has 0 radical (unpaired) electrons. The van der Waals surface area contributed by atoms with Gasteiger partial charge in [-0.25, -0.2) is 9.78 Å². The van der Waals surface area contributed by atoms with Crippen LogP contribution in [0.5, 0.6) is 11.5 Å². The molecule has 1 aromatic carbocycles. The smallest absolute Gasteiger partial charge is 0.358 e. The molecule has 0 unspecified atom stereocenters. The van der Waals surface area contributed by atoms with Crippen molar-refractivity contribution in [2.24, 2.45) is 4.40 Å². The summed E-state index contributed by atoms with van der Waals surface area (Å²) in [7, 11) is 2.85. The van der Waals surface area contributed by atoms with Crippen molar-refractivity contribution in [3.05, 3.63) is 47.5 Å². The van der Waals surface area contributed by atoms with Gasteiger partial charge in [0.05, 0.1) is 32.3 Å². The first-order valence-electron chi connectivity index (χ1n) is 8.98. The number of fused-ring (bicyclic) bond motifs is 1. The number of nitrogens with zero attached hydrogens (tertiary/aromatic N) is 3. The highest BCUT2D eigenvalue weighted by Crippen LogP contribution is 2.37. The molecule has 0 spiro atoms. The third-order valence-corrected chi connectivity index (χ3v) is 5.69. The third-order valence-electron chi connectivity index (χ3n) is 4.26. The molecule has 0 amide bonds. The van der Waals surface area contributed by atoms with Crippen LogP contribution in [0.4, 0.5) is 0 Å². The molecule has 0 N–H and O–H groups in total. The summed E-state index contributed by atoms with van der Waals surface area (Å²) >= 11 is -1.43. The topological polar surface area (TPSA) is 106 Å². The summed E-state index contributed by atoms with van der Waals surface area (Å²) in [4.78, 5) is 20.0. The van der Waals surface area contributed by atoms with E-state index in [4.69, 9.17) is 9.47 Å². The molecule has 1 aromatic heterocycles. The Labute approximate surface area is 172 Å². The summed E-state index contributed by atoms with van der Waals surface area (Å²) in [5.74, 6) is 0.628. The van der Waals surface area contributed by atoms with Crippen molar-refractivity contribution in [3.8, 4) is 11.5 Å². The van der Waals surface area contributed by atoms with Gasteiger partial charge in [-0.05, 0) is 32.9 Å². The van der Waals surface area contributed by atoms with E-state index >= 15 is 0 Å². The van der Waals surface area contributed by atoms with Gasteiger partial charge in [0, 0.05) is 18.1 Å². The van der Waals surface area contributed by atoms with Gasteiger partial charge in [-0.15, -0.1) is 0 Å². The fraction of sp³-hybridized carbons (Fsp3) is 0.400. The summed E-state index contributed by atoms with van der Waals surface area (Å²) in [6, 6.07) is 5.41. The van der Waals surface area contributed by atoms with Crippen molar-refractivity contribution in [2.45, 2.75) is 38.0 Å². The summed E-state index contributed by atoms with van der Waals surface area (Å²) < 4.78 is 32.7. The van der Waals surface area contributed by atoms with E-state index in [0.717, 1.165) is 5.56 Å². The second-order valence-corrected chi connectivity index (χ2v) is 9.30. The van der Waals surface area contributed by atoms with E-state index in [1.807, 2.05) is 32.9 Å². The van der Waals surface area contributed by atoms with Gasteiger partial charge in [0.25, 0.3) is 0 Å². The van der Waals surface area contributed by atoms with Crippen molar-refractivity contribution >= 4 is 23.0 Å². The molecule has 0 saturated heterocycles. The molecule has 29 heavy (non-hydrogen) atoms. The largest absolute Gasteiger partial charge is 0.591 e. The van der Waals surface area contributed by atoms with Gasteiger partial charge in [0.2, 0.25) is 0 Å². The van der Waals surface area contributed by atoms with Crippen molar-refractivity contribution in [2.75, 3.05) is 14.2 Å². The number of methoxy groups -OCH3 is 2. The highest BCUT2D eigenvalue weighted by molar-refractivity contribution is 7.91. The molecular formula is C20H23N3O5S. The second-order valence-electron chi connectivity index (χ2n) is 7.39. The lowest BCUT2D eigenvalue weighted by atomic mass is 9.98. The van der Waals surface area contributed by atoms with Crippen molar-refractivity contribution in [1.82, 2.24) is 9.97 Å². The number of hydrogen-bond acceptors (Lipinski definition) is 8. The van der Waals surface area contributed by atoms with Crippen LogP contribution in [0.25, 0.3) is 0 Å². The van der Waals surface area contributed by atoms with Gasteiger partial charge in [0.15, 0.2) is 5.69 Å². The van der Waals surface area contributed by atoms with Crippen LogP contribution in [0.2, 0.25) is 0 Å².